The van der Waals surface area contributed by atoms with Gasteiger partial charge in [-0.15, -0.1) is 0 Å². The highest BCUT2D eigenvalue weighted by atomic mass is 16.5. The Labute approximate surface area is 168 Å². The summed E-state index contributed by atoms with van der Waals surface area (Å²) in [6, 6.07) is 17.3. The summed E-state index contributed by atoms with van der Waals surface area (Å²) < 4.78 is 7.82. The normalized spacial score (nSPS) is 15.0. The molecule has 2 aromatic carbocycles. The molecule has 0 unspecified atom stereocenters. The third kappa shape index (κ3) is 4.00. The van der Waals surface area contributed by atoms with Gasteiger partial charge in [-0.2, -0.15) is 0 Å². The van der Waals surface area contributed by atoms with Crippen LogP contribution in [0.2, 0.25) is 0 Å². The van der Waals surface area contributed by atoms with Crippen LogP contribution in [0, 0.1) is 0 Å². The Morgan fingerprint density at radius 3 is 2.61 bits per heavy atom. The lowest BCUT2D eigenvalue weighted by Gasteiger charge is -2.26. The lowest BCUT2D eigenvalue weighted by Crippen LogP contribution is -2.29. The molecular weight excluding hydrogens is 344 g/mol. The van der Waals surface area contributed by atoms with Crippen molar-refractivity contribution in [1.29, 1.82) is 0 Å². The van der Waals surface area contributed by atoms with Crippen LogP contribution in [0.15, 0.2) is 60.8 Å². The van der Waals surface area contributed by atoms with E-state index in [0.29, 0.717) is 0 Å². The van der Waals surface area contributed by atoms with Crippen molar-refractivity contribution in [3.8, 4) is 5.75 Å². The van der Waals surface area contributed by atoms with Gasteiger partial charge in [-0.05, 0) is 61.6 Å². The van der Waals surface area contributed by atoms with Crippen LogP contribution in [0.25, 0.3) is 16.5 Å². The Hall–Kier alpha value is -2.52. The van der Waals surface area contributed by atoms with Gasteiger partial charge in [0.25, 0.3) is 0 Å². The molecule has 1 aromatic heterocycles. The fourth-order valence-electron chi connectivity index (χ4n) is 4.31. The van der Waals surface area contributed by atoms with Gasteiger partial charge >= 0.3 is 0 Å². The number of rotatable bonds is 7. The fraction of sp³-hybridized carbons (Fsp3) is 0.360. The van der Waals surface area contributed by atoms with Crippen LogP contribution < -0.4 is 4.74 Å². The van der Waals surface area contributed by atoms with Crippen molar-refractivity contribution < 1.29 is 4.74 Å². The first-order valence-electron chi connectivity index (χ1n) is 10.3. The predicted molar refractivity (Wildman–Crippen MR) is 118 cm³/mol. The highest BCUT2D eigenvalue weighted by Gasteiger charge is 2.13. The number of hydrogen-bond acceptors (Lipinski definition) is 2. The number of fused-ring (bicyclic) bond motifs is 1. The van der Waals surface area contributed by atoms with E-state index in [-0.39, 0.29) is 0 Å². The molecule has 0 aliphatic carbocycles. The Bertz CT molecular complexity index is 955. The number of aryl methyl sites for hydroxylation is 2. The van der Waals surface area contributed by atoms with E-state index in [2.05, 4.69) is 77.3 Å². The van der Waals surface area contributed by atoms with Gasteiger partial charge in [-0.25, -0.2) is 0 Å². The largest absolute Gasteiger partial charge is 0.496 e. The SMILES string of the molecule is COc1ccc2c(ccn2C)c1CCCCN1CC=C(c2ccccc2)CC1. The molecule has 0 atom stereocenters. The molecule has 2 heterocycles. The van der Waals surface area contributed by atoms with E-state index in [9.17, 15) is 0 Å². The molecule has 0 spiro atoms. The van der Waals surface area contributed by atoms with Gasteiger partial charge in [-0.1, -0.05) is 36.4 Å². The first-order chi connectivity index (χ1) is 13.8. The van der Waals surface area contributed by atoms with Crippen LogP contribution >= 0.6 is 0 Å². The number of aromatic nitrogens is 1. The van der Waals surface area contributed by atoms with E-state index in [1.54, 1.807) is 7.11 Å². The maximum absolute atomic E-state index is 5.64. The third-order valence-electron chi connectivity index (χ3n) is 5.94. The first-order valence-corrected chi connectivity index (χ1v) is 10.3. The Morgan fingerprint density at radius 2 is 1.86 bits per heavy atom. The van der Waals surface area contributed by atoms with Crippen molar-refractivity contribution in [2.24, 2.45) is 7.05 Å². The van der Waals surface area contributed by atoms with E-state index in [0.717, 1.165) is 31.7 Å². The summed E-state index contributed by atoms with van der Waals surface area (Å²) in [5.41, 5.74) is 5.51. The zero-order chi connectivity index (χ0) is 19.3. The average molecular weight is 375 g/mol. The quantitative estimate of drug-likeness (QED) is 0.522. The summed E-state index contributed by atoms with van der Waals surface area (Å²) in [5, 5.41) is 1.33. The molecule has 4 rings (SSSR count). The zero-order valence-corrected chi connectivity index (χ0v) is 17.0. The topological polar surface area (TPSA) is 17.4 Å². The van der Waals surface area contributed by atoms with Crippen LogP contribution in [-0.2, 0) is 13.5 Å². The van der Waals surface area contributed by atoms with E-state index in [4.69, 9.17) is 4.74 Å². The van der Waals surface area contributed by atoms with Gasteiger partial charge in [0.15, 0.2) is 0 Å². The number of ether oxygens (including phenoxy) is 1. The monoisotopic (exact) mass is 374 g/mol. The van der Waals surface area contributed by atoms with Gasteiger partial charge < -0.3 is 9.30 Å². The van der Waals surface area contributed by atoms with Crippen LogP contribution in [0.3, 0.4) is 0 Å². The van der Waals surface area contributed by atoms with Gasteiger partial charge in [0.05, 0.1) is 7.11 Å². The standard InChI is InChI=1S/C25H30N2O/c1-26-17-15-22-23(25(28-2)12-11-24(22)26)10-6-7-16-27-18-13-21(14-19-27)20-8-4-3-5-9-20/h3-5,8-9,11-13,15,17H,6-7,10,14,16,18-19H2,1-2H3. The summed E-state index contributed by atoms with van der Waals surface area (Å²) in [4.78, 5) is 2.58. The van der Waals surface area contributed by atoms with Crippen LogP contribution in [0.5, 0.6) is 5.75 Å². The van der Waals surface area contributed by atoms with Crippen molar-refractivity contribution in [2.45, 2.75) is 25.7 Å². The Balaban J connectivity index is 1.31. The molecule has 146 valence electrons. The highest BCUT2D eigenvalue weighted by Crippen LogP contribution is 2.30. The summed E-state index contributed by atoms with van der Waals surface area (Å²) in [5.74, 6) is 1.02. The highest BCUT2D eigenvalue weighted by molar-refractivity contribution is 5.86. The Kier molecular flexibility index (Phi) is 5.82. The molecule has 0 amide bonds. The van der Waals surface area contributed by atoms with Crippen LogP contribution in [-0.4, -0.2) is 36.2 Å². The molecule has 0 saturated heterocycles. The van der Waals surface area contributed by atoms with Crippen molar-refractivity contribution >= 4 is 16.5 Å². The summed E-state index contributed by atoms with van der Waals surface area (Å²) >= 11 is 0. The summed E-state index contributed by atoms with van der Waals surface area (Å²) in [6.45, 7) is 3.41. The second kappa shape index (κ2) is 8.66. The molecular formula is C25H30N2O. The maximum atomic E-state index is 5.64. The lowest BCUT2D eigenvalue weighted by molar-refractivity contribution is 0.295. The molecule has 3 heteroatoms. The fourth-order valence-corrected chi connectivity index (χ4v) is 4.31. The van der Waals surface area contributed by atoms with Gasteiger partial charge in [0.1, 0.15) is 5.75 Å². The maximum Gasteiger partial charge on any atom is 0.122 e. The van der Waals surface area contributed by atoms with Crippen molar-refractivity contribution in [3.63, 3.8) is 0 Å². The van der Waals surface area contributed by atoms with Crippen LogP contribution in [0.4, 0.5) is 0 Å². The summed E-state index contributed by atoms with van der Waals surface area (Å²) in [6.07, 6.45) is 9.19. The molecule has 3 nitrogen and oxygen atoms in total. The minimum Gasteiger partial charge on any atom is -0.496 e. The molecule has 0 bridgehead atoms. The predicted octanol–water partition coefficient (Wildman–Crippen LogP) is 5.30. The minimum absolute atomic E-state index is 1.02. The number of hydrogen-bond donors (Lipinski definition) is 0. The first kappa shape index (κ1) is 18.8. The number of benzene rings is 2. The average Bonchev–Trinajstić information content (AvgIpc) is 3.13. The minimum atomic E-state index is 1.02. The van der Waals surface area contributed by atoms with Gasteiger partial charge in [0.2, 0.25) is 0 Å². The van der Waals surface area contributed by atoms with Gasteiger partial charge in [0, 0.05) is 42.8 Å². The second-order valence-electron chi connectivity index (χ2n) is 7.71. The second-order valence-corrected chi connectivity index (χ2v) is 7.71. The summed E-state index contributed by atoms with van der Waals surface area (Å²) in [7, 11) is 3.88. The molecule has 3 aromatic rings. The molecule has 0 saturated carbocycles. The molecule has 0 N–H and O–H groups in total. The van der Waals surface area contributed by atoms with E-state index in [1.165, 1.54) is 47.0 Å². The zero-order valence-electron chi connectivity index (χ0n) is 17.0. The van der Waals surface area contributed by atoms with E-state index >= 15 is 0 Å². The molecule has 28 heavy (non-hydrogen) atoms. The lowest BCUT2D eigenvalue weighted by atomic mass is 9.99. The Morgan fingerprint density at radius 1 is 1.00 bits per heavy atom. The number of nitrogens with zero attached hydrogens (tertiary/aromatic N) is 2. The van der Waals surface area contributed by atoms with Crippen molar-refractivity contribution in [3.05, 3.63) is 71.9 Å². The van der Waals surface area contributed by atoms with Crippen molar-refractivity contribution in [2.75, 3.05) is 26.7 Å². The number of methoxy groups -OCH3 is 1. The third-order valence-corrected chi connectivity index (χ3v) is 5.94. The smallest absolute Gasteiger partial charge is 0.122 e. The number of unbranched alkanes of at least 4 members (excludes halogenated alkanes) is 1. The molecule has 1 aliphatic heterocycles. The van der Waals surface area contributed by atoms with Crippen molar-refractivity contribution in [1.82, 2.24) is 9.47 Å². The van der Waals surface area contributed by atoms with E-state index < -0.39 is 0 Å². The van der Waals surface area contributed by atoms with E-state index in [1.807, 2.05) is 0 Å². The molecule has 0 radical (unpaired) electrons. The molecule has 0 fully saturated rings. The van der Waals surface area contributed by atoms with Crippen LogP contribution in [0.1, 0.15) is 30.4 Å². The van der Waals surface area contributed by atoms with Gasteiger partial charge in [-0.3, -0.25) is 4.90 Å². The molecule has 1 aliphatic rings.